The summed E-state index contributed by atoms with van der Waals surface area (Å²) in [6.07, 6.45) is 2.43. The molecule has 0 spiro atoms. The lowest BCUT2D eigenvalue weighted by Gasteiger charge is -2.03. The first-order chi connectivity index (χ1) is 9.52. The van der Waals surface area contributed by atoms with Crippen molar-refractivity contribution in [3.8, 4) is 0 Å². The molecule has 0 saturated carbocycles. The highest BCUT2D eigenvalue weighted by atomic mass is 35.5. The van der Waals surface area contributed by atoms with Crippen LogP contribution in [0.5, 0.6) is 0 Å². The van der Waals surface area contributed by atoms with Crippen LogP contribution in [0.2, 0.25) is 5.02 Å². The molecule has 1 aromatic heterocycles. The highest BCUT2D eigenvalue weighted by Gasteiger charge is 2.14. The zero-order chi connectivity index (χ0) is 14.7. The summed E-state index contributed by atoms with van der Waals surface area (Å²) >= 11 is 5.88. The Labute approximate surface area is 119 Å². The van der Waals surface area contributed by atoms with E-state index >= 15 is 0 Å². The average Bonchev–Trinajstić information content (AvgIpc) is 2.76. The Morgan fingerprint density at radius 3 is 2.70 bits per heavy atom. The lowest BCUT2D eigenvalue weighted by Crippen LogP contribution is -2.09. The number of halogens is 1. The second-order valence-electron chi connectivity index (χ2n) is 4.37. The number of aromatic nitrogens is 1. The van der Waals surface area contributed by atoms with E-state index in [4.69, 9.17) is 16.7 Å². The third-order valence-electron chi connectivity index (χ3n) is 2.97. The fourth-order valence-corrected chi connectivity index (χ4v) is 2.21. The van der Waals surface area contributed by atoms with Crippen molar-refractivity contribution >= 4 is 40.7 Å². The van der Waals surface area contributed by atoms with E-state index in [2.05, 4.69) is 0 Å². The highest BCUT2D eigenvalue weighted by molar-refractivity contribution is 6.31. The van der Waals surface area contributed by atoms with E-state index in [0.717, 1.165) is 0 Å². The van der Waals surface area contributed by atoms with Crippen LogP contribution < -0.4 is 0 Å². The molecule has 0 aliphatic rings. The van der Waals surface area contributed by atoms with Crippen LogP contribution in [-0.2, 0) is 4.79 Å². The minimum atomic E-state index is -0.935. The van der Waals surface area contributed by atoms with Gasteiger partial charge >= 0.3 is 5.97 Å². The van der Waals surface area contributed by atoms with Crippen LogP contribution in [0, 0.1) is 0 Å². The van der Waals surface area contributed by atoms with Gasteiger partial charge in [-0.25, -0.2) is 0 Å². The van der Waals surface area contributed by atoms with Gasteiger partial charge in [-0.15, -0.1) is 0 Å². The van der Waals surface area contributed by atoms with Crippen LogP contribution in [0.3, 0.4) is 0 Å². The molecular formula is C14H12ClNO4. The van der Waals surface area contributed by atoms with E-state index in [0.29, 0.717) is 27.8 Å². The average molecular weight is 294 g/mol. The van der Waals surface area contributed by atoms with Crippen molar-refractivity contribution in [1.82, 2.24) is 4.57 Å². The Morgan fingerprint density at radius 2 is 2.05 bits per heavy atom. The van der Waals surface area contributed by atoms with E-state index in [1.807, 2.05) is 0 Å². The molecule has 0 radical (unpaired) electrons. The fourth-order valence-electron chi connectivity index (χ4n) is 2.04. The van der Waals surface area contributed by atoms with Crippen molar-refractivity contribution in [3.05, 3.63) is 35.0 Å². The highest BCUT2D eigenvalue weighted by Crippen LogP contribution is 2.24. The quantitative estimate of drug-likeness (QED) is 0.860. The molecule has 20 heavy (non-hydrogen) atoms. The molecule has 104 valence electrons. The van der Waals surface area contributed by atoms with Crippen molar-refractivity contribution < 1.29 is 19.5 Å². The molecule has 0 aliphatic heterocycles. The summed E-state index contributed by atoms with van der Waals surface area (Å²) in [6.45, 7) is 0. The summed E-state index contributed by atoms with van der Waals surface area (Å²) in [5.74, 6) is -1.18. The second kappa shape index (κ2) is 5.88. The van der Waals surface area contributed by atoms with Gasteiger partial charge in [0.15, 0.2) is 6.29 Å². The predicted octanol–water partition coefficient (Wildman–Crippen LogP) is 3.00. The van der Waals surface area contributed by atoms with Gasteiger partial charge in [-0.1, -0.05) is 11.6 Å². The van der Waals surface area contributed by atoms with E-state index in [-0.39, 0.29) is 25.2 Å². The molecule has 0 fully saturated rings. The van der Waals surface area contributed by atoms with Gasteiger partial charge in [0.2, 0.25) is 5.91 Å². The minimum Gasteiger partial charge on any atom is -0.481 e. The Balaban J connectivity index is 2.32. The Hall–Kier alpha value is -2.14. The molecule has 2 aromatic rings. The number of hydrogen-bond acceptors (Lipinski definition) is 3. The van der Waals surface area contributed by atoms with Crippen molar-refractivity contribution in [1.29, 1.82) is 0 Å². The van der Waals surface area contributed by atoms with E-state index < -0.39 is 5.97 Å². The monoisotopic (exact) mass is 293 g/mol. The van der Waals surface area contributed by atoms with Gasteiger partial charge in [-0.05, 0) is 24.6 Å². The van der Waals surface area contributed by atoms with Crippen LogP contribution in [0.15, 0.2) is 24.4 Å². The molecule has 0 amide bonds. The minimum absolute atomic E-state index is 0.0582. The molecule has 1 aromatic carbocycles. The zero-order valence-corrected chi connectivity index (χ0v) is 11.3. The molecule has 0 bridgehead atoms. The second-order valence-corrected chi connectivity index (χ2v) is 4.81. The molecular weight excluding hydrogens is 282 g/mol. The summed E-state index contributed by atoms with van der Waals surface area (Å²) in [6, 6.07) is 4.93. The number of carbonyl (C=O) groups is 3. The molecule has 6 heteroatoms. The predicted molar refractivity (Wildman–Crippen MR) is 74.4 cm³/mol. The van der Waals surface area contributed by atoms with Gasteiger partial charge in [0.25, 0.3) is 0 Å². The van der Waals surface area contributed by atoms with Crippen molar-refractivity contribution in [3.63, 3.8) is 0 Å². The summed E-state index contributed by atoms with van der Waals surface area (Å²) in [5.41, 5.74) is 0.978. The normalized spacial score (nSPS) is 10.7. The van der Waals surface area contributed by atoms with Gasteiger partial charge in [-0.2, -0.15) is 0 Å². The third-order valence-corrected chi connectivity index (χ3v) is 3.21. The Bertz CT molecular complexity index is 690. The Morgan fingerprint density at radius 1 is 1.30 bits per heavy atom. The molecule has 5 nitrogen and oxygen atoms in total. The number of rotatable bonds is 5. The number of carboxylic acids is 1. The van der Waals surface area contributed by atoms with Gasteiger partial charge < -0.3 is 5.11 Å². The van der Waals surface area contributed by atoms with Crippen LogP contribution in [0.25, 0.3) is 10.9 Å². The number of carboxylic acid groups (broad SMARTS) is 1. The largest absolute Gasteiger partial charge is 0.481 e. The van der Waals surface area contributed by atoms with Crippen molar-refractivity contribution in [2.75, 3.05) is 0 Å². The SMILES string of the molecule is O=Cc1cn(C(=O)CCCC(=O)O)c2ccc(Cl)cc12. The summed E-state index contributed by atoms with van der Waals surface area (Å²) < 4.78 is 1.37. The van der Waals surface area contributed by atoms with Crippen molar-refractivity contribution in [2.24, 2.45) is 0 Å². The van der Waals surface area contributed by atoms with Crippen molar-refractivity contribution in [2.45, 2.75) is 19.3 Å². The van der Waals surface area contributed by atoms with E-state index in [9.17, 15) is 14.4 Å². The van der Waals surface area contributed by atoms with Crippen LogP contribution in [-0.4, -0.2) is 27.8 Å². The summed E-state index contributed by atoms with van der Waals surface area (Å²) in [5, 5.41) is 9.66. The molecule has 0 unspecified atom stereocenters. The molecule has 0 saturated heterocycles. The number of nitrogens with zero attached hydrogens (tertiary/aromatic N) is 1. The topological polar surface area (TPSA) is 76.4 Å². The van der Waals surface area contributed by atoms with Crippen LogP contribution in [0.1, 0.15) is 34.4 Å². The fraction of sp³-hybridized carbons (Fsp3) is 0.214. The number of benzene rings is 1. The number of carbonyl (C=O) groups excluding carboxylic acids is 2. The smallest absolute Gasteiger partial charge is 0.303 e. The van der Waals surface area contributed by atoms with Gasteiger partial charge in [0, 0.05) is 35.0 Å². The summed E-state index contributed by atoms with van der Waals surface area (Å²) in [4.78, 5) is 33.5. The maximum absolute atomic E-state index is 12.1. The number of aldehydes is 1. The van der Waals surface area contributed by atoms with Gasteiger partial charge in [-0.3, -0.25) is 19.0 Å². The molecule has 2 rings (SSSR count). The van der Waals surface area contributed by atoms with Gasteiger partial charge in [0.05, 0.1) is 5.52 Å². The molecule has 0 aliphatic carbocycles. The first kappa shape index (κ1) is 14.3. The molecule has 1 N–H and O–H groups in total. The van der Waals surface area contributed by atoms with Gasteiger partial charge in [0.1, 0.15) is 0 Å². The summed E-state index contributed by atoms with van der Waals surface area (Å²) in [7, 11) is 0. The first-order valence-corrected chi connectivity index (χ1v) is 6.41. The number of hydrogen-bond donors (Lipinski definition) is 1. The molecule has 0 atom stereocenters. The lowest BCUT2D eigenvalue weighted by atomic mass is 10.2. The first-order valence-electron chi connectivity index (χ1n) is 6.03. The number of aliphatic carboxylic acids is 1. The van der Waals surface area contributed by atoms with E-state index in [1.165, 1.54) is 10.8 Å². The maximum atomic E-state index is 12.1. The van der Waals surface area contributed by atoms with E-state index in [1.54, 1.807) is 18.2 Å². The zero-order valence-electron chi connectivity index (χ0n) is 10.5. The third kappa shape index (κ3) is 2.88. The molecule has 1 heterocycles. The number of fused-ring (bicyclic) bond motifs is 1. The lowest BCUT2D eigenvalue weighted by molar-refractivity contribution is -0.137. The van der Waals surface area contributed by atoms with Crippen LogP contribution in [0.4, 0.5) is 0 Å². The van der Waals surface area contributed by atoms with Crippen LogP contribution >= 0.6 is 11.6 Å². The standard InChI is InChI=1S/C14H12ClNO4/c15-10-4-5-12-11(6-10)9(8-17)7-16(12)13(18)2-1-3-14(19)20/h4-8H,1-3H2,(H,19,20). The Kier molecular flexibility index (Phi) is 4.20. The maximum Gasteiger partial charge on any atom is 0.303 e.